The van der Waals surface area contributed by atoms with Gasteiger partial charge in [-0.3, -0.25) is 0 Å². The topological polar surface area (TPSA) is 3.24 Å². The van der Waals surface area contributed by atoms with Crippen LogP contribution in [0.3, 0.4) is 0 Å². The minimum Gasteiger partial charge on any atom is -0.310 e. The molecule has 9 aromatic carbocycles. The average Bonchev–Trinajstić information content (AvgIpc) is 3.52. The molecule has 0 fully saturated rings. The third-order valence-corrected chi connectivity index (χ3v) is 11.3. The SMILES string of the molecule is [2H]c1c([2H])c(N(c2ccc(-c3cccc(-c4ccccc4)c3)cc2)c2ccc3c(c2)C(C)(C)c2ccccc2-3)c([2H])c([2H])c1-c1cccc(-c2cccc3ccccc23)c1. The van der Waals surface area contributed by atoms with E-state index in [-0.39, 0.29) is 40.8 Å². The summed E-state index contributed by atoms with van der Waals surface area (Å²) in [5, 5.41) is 2.24. The Morgan fingerprint density at radius 3 is 1.68 bits per heavy atom. The maximum Gasteiger partial charge on any atom is 0.0645 e. The lowest BCUT2D eigenvalue weighted by Crippen LogP contribution is -2.16. The molecule has 1 heteroatoms. The molecule has 0 N–H and O–H groups in total. The maximum absolute atomic E-state index is 9.66. The summed E-state index contributed by atoms with van der Waals surface area (Å²) in [7, 11) is 0. The van der Waals surface area contributed by atoms with Crippen molar-refractivity contribution in [2.45, 2.75) is 19.3 Å². The Labute approximate surface area is 335 Å². The van der Waals surface area contributed by atoms with Crippen LogP contribution in [0.4, 0.5) is 17.1 Å². The molecule has 0 saturated carbocycles. The van der Waals surface area contributed by atoms with Crippen LogP contribution in [0.15, 0.2) is 212 Å². The van der Waals surface area contributed by atoms with Crippen LogP contribution in [0, 0.1) is 0 Å². The number of hydrogen-bond acceptors (Lipinski definition) is 1. The van der Waals surface area contributed by atoms with E-state index in [1.54, 1.807) is 0 Å². The third kappa shape index (κ3) is 5.90. The summed E-state index contributed by atoms with van der Waals surface area (Å²) in [6.07, 6.45) is 0. The molecule has 0 aliphatic heterocycles. The van der Waals surface area contributed by atoms with Gasteiger partial charge in [-0.2, -0.15) is 0 Å². The number of nitrogens with zero attached hydrogens (tertiary/aromatic N) is 1. The van der Waals surface area contributed by atoms with E-state index in [2.05, 4.69) is 123 Å². The van der Waals surface area contributed by atoms with Crippen LogP contribution in [0.25, 0.3) is 66.4 Å². The van der Waals surface area contributed by atoms with Gasteiger partial charge < -0.3 is 4.90 Å². The molecule has 0 unspecified atom stereocenters. The van der Waals surface area contributed by atoms with E-state index in [1.807, 2.05) is 83.8 Å². The van der Waals surface area contributed by atoms with Crippen LogP contribution in [-0.4, -0.2) is 0 Å². The van der Waals surface area contributed by atoms with Gasteiger partial charge in [0.1, 0.15) is 0 Å². The molecule has 0 atom stereocenters. The van der Waals surface area contributed by atoms with E-state index >= 15 is 0 Å². The van der Waals surface area contributed by atoms with E-state index in [9.17, 15) is 5.48 Å². The molecule has 10 rings (SSSR count). The van der Waals surface area contributed by atoms with Crippen molar-refractivity contribution in [2.75, 3.05) is 4.90 Å². The fourth-order valence-corrected chi connectivity index (χ4v) is 8.43. The summed E-state index contributed by atoms with van der Waals surface area (Å²) in [6, 6.07) is 63.8. The molecular weight excluding hydrogens is 675 g/mol. The average molecular weight is 720 g/mol. The first-order valence-corrected chi connectivity index (χ1v) is 19.2. The molecule has 0 bridgehead atoms. The molecule has 1 aliphatic carbocycles. The standard InChI is InChI=1S/C55H41N/c1-55(2)53-24-9-8-22-51(53)52-34-33-48(37-54(52)55)56(46-29-25-39(26-30-46)43-18-10-17-42(35-43)38-13-4-3-5-14-38)47-31-27-40(28-32-47)44-19-11-20-45(36-44)50-23-12-16-41-15-6-7-21-49(41)50/h3-37H,1-2H3/i27D,28D,31D,32D. The van der Waals surface area contributed by atoms with Crippen molar-refractivity contribution in [1.29, 1.82) is 0 Å². The molecule has 0 amide bonds. The van der Waals surface area contributed by atoms with Crippen LogP contribution >= 0.6 is 0 Å². The Balaban J connectivity index is 1.12. The van der Waals surface area contributed by atoms with E-state index in [0.29, 0.717) is 5.56 Å². The van der Waals surface area contributed by atoms with Gasteiger partial charge in [-0.15, -0.1) is 0 Å². The Bertz CT molecular complexity index is 3080. The first-order chi connectivity index (χ1) is 29.2. The number of anilines is 3. The van der Waals surface area contributed by atoms with Gasteiger partial charge in [0.05, 0.1) is 5.48 Å². The molecule has 0 heterocycles. The largest absolute Gasteiger partial charge is 0.310 e. The maximum atomic E-state index is 9.66. The van der Waals surface area contributed by atoms with Crippen molar-refractivity contribution < 1.29 is 5.48 Å². The Morgan fingerprint density at radius 2 is 0.893 bits per heavy atom. The van der Waals surface area contributed by atoms with Crippen molar-refractivity contribution in [1.82, 2.24) is 0 Å². The third-order valence-electron chi connectivity index (χ3n) is 11.3. The normalized spacial score (nSPS) is 13.6. The smallest absolute Gasteiger partial charge is 0.0645 e. The zero-order valence-corrected chi connectivity index (χ0v) is 31.3. The summed E-state index contributed by atoms with van der Waals surface area (Å²) in [5.41, 5.74) is 13.5. The molecule has 56 heavy (non-hydrogen) atoms. The van der Waals surface area contributed by atoms with Gasteiger partial charge >= 0.3 is 0 Å². The fraction of sp³-hybridized carbons (Fsp3) is 0.0545. The van der Waals surface area contributed by atoms with Crippen LogP contribution < -0.4 is 4.90 Å². The first-order valence-electron chi connectivity index (χ1n) is 21.2. The van der Waals surface area contributed by atoms with Crippen LogP contribution in [-0.2, 0) is 5.41 Å². The molecule has 0 spiro atoms. The molecule has 1 aliphatic rings. The summed E-state index contributed by atoms with van der Waals surface area (Å²) < 4.78 is 38.4. The van der Waals surface area contributed by atoms with Crippen LogP contribution in [0.2, 0.25) is 0 Å². The summed E-state index contributed by atoms with van der Waals surface area (Å²) in [5.74, 6) is 0. The second-order valence-corrected chi connectivity index (χ2v) is 15.1. The second-order valence-electron chi connectivity index (χ2n) is 15.1. The van der Waals surface area contributed by atoms with Gasteiger partial charge in [-0.1, -0.05) is 178 Å². The highest BCUT2D eigenvalue weighted by Gasteiger charge is 2.35. The lowest BCUT2D eigenvalue weighted by Gasteiger charge is -2.28. The first kappa shape index (κ1) is 29.4. The quantitative estimate of drug-likeness (QED) is 0.159. The van der Waals surface area contributed by atoms with E-state index in [0.717, 1.165) is 66.7 Å². The Morgan fingerprint density at radius 1 is 0.357 bits per heavy atom. The van der Waals surface area contributed by atoms with Crippen molar-refractivity contribution >= 4 is 27.8 Å². The van der Waals surface area contributed by atoms with Crippen molar-refractivity contribution in [3.8, 4) is 55.6 Å². The fourth-order valence-electron chi connectivity index (χ4n) is 8.43. The zero-order chi connectivity index (χ0) is 41.1. The minimum absolute atomic E-state index is 0.0886. The van der Waals surface area contributed by atoms with Gasteiger partial charge in [0.2, 0.25) is 0 Å². The van der Waals surface area contributed by atoms with Gasteiger partial charge in [0, 0.05) is 22.5 Å². The van der Waals surface area contributed by atoms with Gasteiger partial charge in [0.25, 0.3) is 0 Å². The summed E-state index contributed by atoms with van der Waals surface area (Å²) in [6.45, 7) is 4.47. The number of rotatable bonds is 7. The van der Waals surface area contributed by atoms with Crippen LogP contribution in [0.1, 0.15) is 30.5 Å². The molecular formula is C55H41N. The predicted octanol–water partition coefficient (Wildman–Crippen LogP) is 15.3. The van der Waals surface area contributed by atoms with E-state index in [1.165, 1.54) is 11.1 Å². The lowest BCUT2D eigenvalue weighted by atomic mass is 9.82. The van der Waals surface area contributed by atoms with Gasteiger partial charge in [-0.05, 0) is 126 Å². The Kier molecular flexibility index (Phi) is 7.20. The zero-order valence-electron chi connectivity index (χ0n) is 35.3. The molecule has 266 valence electrons. The summed E-state index contributed by atoms with van der Waals surface area (Å²) >= 11 is 0. The molecule has 0 radical (unpaired) electrons. The summed E-state index contributed by atoms with van der Waals surface area (Å²) in [4.78, 5) is 1.90. The monoisotopic (exact) mass is 719 g/mol. The number of hydrogen-bond donors (Lipinski definition) is 0. The van der Waals surface area contributed by atoms with E-state index < -0.39 is 0 Å². The highest BCUT2D eigenvalue weighted by atomic mass is 15.1. The van der Waals surface area contributed by atoms with Crippen molar-refractivity contribution in [3.63, 3.8) is 0 Å². The molecule has 1 nitrogen and oxygen atoms in total. The van der Waals surface area contributed by atoms with Crippen molar-refractivity contribution in [3.05, 3.63) is 223 Å². The highest BCUT2D eigenvalue weighted by Crippen LogP contribution is 2.50. The van der Waals surface area contributed by atoms with E-state index in [4.69, 9.17) is 0 Å². The minimum atomic E-state index is -0.283. The van der Waals surface area contributed by atoms with Gasteiger partial charge in [-0.25, -0.2) is 0 Å². The molecule has 0 aromatic heterocycles. The van der Waals surface area contributed by atoms with Gasteiger partial charge in [0.15, 0.2) is 0 Å². The predicted molar refractivity (Wildman–Crippen MR) is 238 cm³/mol. The second kappa shape index (κ2) is 13.7. The number of benzene rings is 9. The van der Waals surface area contributed by atoms with Crippen molar-refractivity contribution in [2.24, 2.45) is 0 Å². The molecule has 0 saturated heterocycles. The molecule has 9 aromatic rings. The lowest BCUT2D eigenvalue weighted by molar-refractivity contribution is 0.660. The number of fused-ring (bicyclic) bond motifs is 4. The van der Waals surface area contributed by atoms with Crippen LogP contribution in [0.5, 0.6) is 0 Å². The highest BCUT2D eigenvalue weighted by molar-refractivity contribution is 5.97. The Hall–Kier alpha value is -6.96.